The zero-order valence-electron chi connectivity index (χ0n) is 14.6. The highest BCUT2D eigenvalue weighted by Crippen LogP contribution is 2.22. The lowest BCUT2D eigenvalue weighted by Crippen LogP contribution is -2.03. The van der Waals surface area contributed by atoms with Crippen LogP contribution in [0.2, 0.25) is 6.04 Å². The molecule has 0 aromatic rings. The number of hydrogen-bond donors (Lipinski definition) is 1. The molecule has 0 fully saturated rings. The molecule has 0 amide bonds. The van der Waals surface area contributed by atoms with Crippen molar-refractivity contribution in [3.8, 4) is 0 Å². The molecule has 0 bridgehead atoms. The number of rotatable bonds is 14. The maximum Gasteiger partial charge on any atom is 0.156 e. The normalized spacial score (nSPS) is 12.6. The minimum Gasteiger partial charge on any atom is -0.438 e. The van der Waals surface area contributed by atoms with Crippen molar-refractivity contribution in [1.29, 1.82) is 0 Å². The standard InChI is InChI=1S/C18H40OSi/c1-18(2,3)16-14-12-10-8-6-4-5-7-9-11-13-15-17-20-19/h19H,4-17,20H2,1-3H3. The summed E-state index contributed by atoms with van der Waals surface area (Å²) in [4.78, 5) is 8.82. The fourth-order valence-corrected chi connectivity index (χ4v) is 3.29. The van der Waals surface area contributed by atoms with Crippen LogP contribution in [0.1, 0.15) is 104 Å². The minimum atomic E-state index is -0.654. The Morgan fingerprint density at radius 3 is 1.30 bits per heavy atom. The monoisotopic (exact) mass is 300 g/mol. The van der Waals surface area contributed by atoms with Crippen molar-refractivity contribution in [3.05, 3.63) is 0 Å². The van der Waals surface area contributed by atoms with E-state index in [0.29, 0.717) is 5.41 Å². The third kappa shape index (κ3) is 18.2. The molecule has 0 saturated heterocycles. The van der Waals surface area contributed by atoms with Crippen LogP contribution in [0.25, 0.3) is 0 Å². The van der Waals surface area contributed by atoms with Gasteiger partial charge in [0.15, 0.2) is 9.76 Å². The van der Waals surface area contributed by atoms with Gasteiger partial charge in [-0.25, -0.2) is 0 Å². The molecule has 0 aliphatic heterocycles. The van der Waals surface area contributed by atoms with E-state index < -0.39 is 9.76 Å². The van der Waals surface area contributed by atoms with Gasteiger partial charge in [0.25, 0.3) is 0 Å². The average Bonchev–Trinajstić information content (AvgIpc) is 2.38. The molecular weight excluding hydrogens is 260 g/mol. The van der Waals surface area contributed by atoms with Crippen LogP contribution in [0.5, 0.6) is 0 Å². The zero-order valence-corrected chi connectivity index (χ0v) is 16.0. The van der Waals surface area contributed by atoms with E-state index in [4.69, 9.17) is 4.80 Å². The molecule has 0 aliphatic carbocycles. The second-order valence-electron chi connectivity index (χ2n) is 7.63. The highest BCUT2D eigenvalue weighted by molar-refractivity contribution is 6.25. The molecule has 0 saturated carbocycles. The molecular formula is C18H40OSi. The Morgan fingerprint density at radius 2 is 0.950 bits per heavy atom. The summed E-state index contributed by atoms with van der Waals surface area (Å²) in [6.45, 7) is 7.04. The molecule has 20 heavy (non-hydrogen) atoms. The van der Waals surface area contributed by atoms with Crippen molar-refractivity contribution in [3.63, 3.8) is 0 Å². The molecule has 0 rings (SSSR count). The highest BCUT2D eigenvalue weighted by Gasteiger charge is 2.08. The molecule has 0 atom stereocenters. The van der Waals surface area contributed by atoms with Crippen molar-refractivity contribution in [2.75, 3.05) is 0 Å². The molecule has 0 aromatic carbocycles. The summed E-state index contributed by atoms with van der Waals surface area (Å²) in [6, 6.07) is 1.13. The van der Waals surface area contributed by atoms with Crippen LogP contribution in [0, 0.1) is 5.41 Å². The van der Waals surface area contributed by atoms with E-state index in [-0.39, 0.29) is 0 Å². The fraction of sp³-hybridized carbons (Fsp3) is 1.00. The van der Waals surface area contributed by atoms with E-state index in [1.807, 2.05) is 0 Å². The maximum absolute atomic E-state index is 8.82. The Balaban J connectivity index is 2.99. The summed E-state index contributed by atoms with van der Waals surface area (Å²) in [5.41, 5.74) is 0.527. The summed E-state index contributed by atoms with van der Waals surface area (Å²) in [7, 11) is -0.654. The van der Waals surface area contributed by atoms with Gasteiger partial charge in [-0.15, -0.1) is 0 Å². The first kappa shape index (κ1) is 20.2. The van der Waals surface area contributed by atoms with Gasteiger partial charge in [0.1, 0.15) is 0 Å². The number of unbranched alkanes of at least 4 members (excludes halogenated alkanes) is 11. The molecule has 0 spiro atoms. The number of hydrogen-bond acceptors (Lipinski definition) is 1. The van der Waals surface area contributed by atoms with Gasteiger partial charge >= 0.3 is 0 Å². The molecule has 0 unspecified atom stereocenters. The first-order valence-corrected chi connectivity index (χ1v) is 10.8. The summed E-state index contributed by atoms with van der Waals surface area (Å²) >= 11 is 0. The second kappa shape index (κ2) is 14.1. The van der Waals surface area contributed by atoms with Crippen LogP contribution in [0.15, 0.2) is 0 Å². The summed E-state index contributed by atoms with van der Waals surface area (Å²) in [5, 5.41) is 0. The third-order valence-electron chi connectivity index (χ3n) is 4.08. The SMILES string of the molecule is CC(C)(C)CCCCCCCCCCCCCC[SiH2]O. The molecule has 0 radical (unpaired) electrons. The van der Waals surface area contributed by atoms with Crippen molar-refractivity contribution in [2.45, 2.75) is 110 Å². The van der Waals surface area contributed by atoms with Crippen LogP contribution in [0.3, 0.4) is 0 Å². The van der Waals surface area contributed by atoms with E-state index in [1.54, 1.807) is 0 Å². The van der Waals surface area contributed by atoms with E-state index in [0.717, 1.165) is 6.04 Å². The lowest BCUT2D eigenvalue weighted by molar-refractivity contribution is 0.356. The molecule has 0 heterocycles. The topological polar surface area (TPSA) is 20.2 Å². The summed E-state index contributed by atoms with van der Waals surface area (Å²) in [6.07, 6.45) is 18.3. The maximum atomic E-state index is 8.82. The Labute approximate surface area is 130 Å². The fourth-order valence-electron chi connectivity index (χ4n) is 2.71. The Bertz CT molecular complexity index is 186. The van der Waals surface area contributed by atoms with Crippen molar-refractivity contribution < 1.29 is 4.80 Å². The second-order valence-corrected chi connectivity index (χ2v) is 8.78. The van der Waals surface area contributed by atoms with Crippen LogP contribution in [-0.4, -0.2) is 14.6 Å². The van der Waals surface area contributed by atoms with Crippen molar-refractivity contribution >= 4 is 9.76 Å². The van der Waals surface area contributed by atoms with Gasteiger partial charge in [0.05, 0.1) is 0 Å². The van der Waals surface area contributed by atoms with Gasteiger partial charge < -0.3 is 4.80 Å². The molecule has 0 aliphatic rings. The Hall–Kier alpha value is 0.177. The van der Waals surface area contributed by atoms with Gasteiger partial charge in [0.2, 0.25) is 0 Å². The first-order chi connectivity index (χ1) is 9.56. The smallest absolute Gasteiger partial charge is 0.156 e. The van der Waals surface area contributed by atoms with E-state index in [2.05, 4.69) is 20.8 Å². The van der Waals surface area contributed by atoms with Gasteiger partial charge in [-0.2, -0.15) is 0 Å². The van der Waals surface area contributed by atoms with Crippen molar-refractivity contribution in [1.82, 2.24) is 0 Å². The zero-order chi connectivity index (χ0) is 15.1. The lowest BCUT2D eigenvalue weighted by atomic mass is 9.89. The van der Waals surface area contributed by atoms with Crippen molar-refractivity contribution in [2.24, 2.45) is 5.41 Å². The third-order valence-corrected chi connectivity index (χ3v) is 4.90. The highest BCUT2D eigenvalue weighted by atomic mass is 28.2. The average molecular weight is 301 g/mol. The predicted octanol–water partition coefficient (Wildman–Crippen LogP) is 5.60. The predicted molar refractivity (Wildman–Crippen MR) is 95.0 cm³/mol. The van der Waals surface area contributed by atoms with Gasteiger partial charge in [-0.1, -0.05) is 97.8 Å². The quantitative estimate of drug-likeness (QED) is 0.327. The van der Waals surface area contributed by atoms with Crippen LogP contribution in [0.4, 0.5) is 0 Å². The van der Waals surface area contributed by atoms with Gasteiger partial charge in [0, 0.05) is 0 Å². The first-order valence-electron chi connectivity index (χ1n) is 9.17. The molecule has 122 valence electrons. The Kier molecular flexibility index (Phi) is 14.3. The van der Waals surface area contributed by atoms with E-state index in [1.165, 1.54) is 83.5 Å². The van der Waals surface area contributed by atoms with E-state index >= 15 is 0 Å². The molecule has 2 heteroatoms. The summed E-state index contributed by atoms with van der Waals surface area (Å²) in [5.74, 6) is 0. The van der Waals surface area contributed by atoms with Gasteiger partial charge in [-0.3, -0.25) is 0 Å². The summed E-state index contributed by atoms with van der Waals surface area (Å²) < 4.78 is 0. The lowest BCUT2D eigenvalue weighted by Gasteiger charge is -2.17. The molecule has 1 N–H and O–H groups in total. The molecule has 1 nitrogen and oxygen atoms in total. The van der Waals surface area contributed by atoms with Crippen LogP contribution < -0.4 is 0 Å². The van der Waals surface area contributed by atoms with Crippen LogP contribution in [-0.2, 0) is 0 Å². The Morgan fingerprint density at radius 1 is 0.600 bits per heavy atom. The van der Waals surface area contributed by atoms with Crippen LogP contribution >= 0.6 is 0 Å². The molecule has 0 aromatic heterocycles. The van der Waals surface area contributed by atoms with Gasteiger partial charge in [-0.05, 0) is 17.9 Å². The largest absolute Gasteiger partial charge is 0.438 e. The van der Waals surface area contributed by atoms with E-state index in [9.17, 15) is 0 Å². The minimum absolute atomic E-state index is 0.527.